The van der Waals surface area contributed by atoms with Gasteiger partial charge in [-0.05, 0) is 53.9 Å². The first-order valence-corrected chi connectivity index (χ1v) is 12.2. The van der Waals surface area contributed by atoms with Crippen molar-refractivity contribution in [1.82, 2.24) is 10.3 Å². The maximum atomic E-state index is 15.0. The summed E-state index contributed by atoms with van der Waals surface area (Å²) < 4.78 is 30.0. The second-order valence-electron chi connectivity index (χ2n) is 8.88. The highest BCUT2D eigenvalue weighted by molar-refractivity contribution is 7.08. The fourth-order valence-corrected chi connectivity index (χ4v) is 5.32. The number of thiophene rings is 1. The highest BCUT2D eigenvalue weighted by Crippen LogP contribution is 2.31. The van der Waals surface area contributed by atoms with Crippen LogP contribution in [0.3, 0.4) is 0 Å². The van der Waals surface area contributed by atoms with E-state index in [2.05, 4.69) is 15.3 Å². The summed E-state index contributed by atoms with van der Waals surface area (Å²) in [6.07, 6.45) is 1.31. The molecule has 2 atom stereocenters. The summed E-state index contributed by atoms with van der Waals surface area (Å²) in [6, 6.07) is 9.82. The Morgan fingerprint density at radius 3 is 2.43 bits per heavy atom. The Bertz CT molecular complexity index is 1450. The van der Waals surface area contributed by atoms with Crippen LogP contribution in [0.2, 0.25) is 0 Å². The summed E-state index contributed by atoms with van der Waals surface area (Å²) in [5.41, 5.74) is 1.67. The van der Waals surface area contributed by atoms with Gasteiger partial charge in [-0.2, -0.15) is 11.3 Å². The first-order chi connectivity index (χ1) is 16.8. The summed E-state index contributed by atoms with van der Waals surface area (Å²) in [7, 11) is 0. The Balaban J connectivity index is 1.53. The van der Waals surface area contributed by atoms with Gasteiger partial charge in [0.2, 0.25) is 5.88 Å². The van der Waals surface area contributed by atoms with Gasteiger partial charge in [-0.1, -0.05) is 6.07 Å². The topological polar surface area (TPSA) is 80.7 Å². The van der Waals surface area contributed by atoms with E-state index in [9.17, 15) is 18.7 Å². The van der Waals surface area contributed by atoms with E-state index < -0.39 is 17.2 Å². The predicted molar refractivity (Wildman–Crippen MR) is 137 cm³/mol. The molecule has 0 radical (unpaired) electrons. The smallest absolute Gasteiger partial charge is 0.258 e. The Morgan fingerprint density at radius 1 is 1.06 bits per heavy atom. The number of piperazine rings is 1. The molecule has 0 unspecified atom stereocenters. The maximum Gasteiger partial charge on any atom is 0.258 e. The highest BCUT2D eigenvalue weighted by Gasteiger charge is 2.26. The lowest BCUT2D eigenvalue weighted by Gasteiger charge is -2.37. The molecule has 5 rings (SSSR count). The van der Waals surface area contributed by atoms with Crippen LogP contribution in [-0.4, -0.2) is 41.5 Å². The average molecular weight is 495 g/mol. The van der Waals surface area contributed by atoms with Crippen molar-refractivity contribution < 1.29 is 13.9 Å². The molecule has 1 saturated heterocycles. The number of nitrogens with one attached hydrogen (secondary N) is 2. The zero-order valence-corrected chi connectivity index (χ0v) is 20.0. The lowest BCUT2D eigenvalue weighted by atomic mass is 10.0. The number of aromatic nitrogens is 1. The molecule has 35 heavy (non-hydrogen) atoms. The van der Waals surface area contributed by atoms with E-state index in [1.165, 1.54) is 18.3 Å². The van der Waals surface area contributed by atoms with Crippen LogP contribution < -0.4 is 15.8 Å². The predicted octanol–water partition coefficient (Wildman–Crippen LogP) is 5.18. The Kier molecular flexibility index (Phi) is 6.12. The molecule has 1 fully saturated rings. The van der Waals surface area contributed by atoms with Crippen LogP contribution in [0.25, 0.3) is 21.9 Å². The first-order valence-electron chi connectivity index (χ1n) is 11.3. The largest absolute Gasteiger partial charge is 0.494 e. The van der Waals surface area contributed by atoms with E-state index in [1.807, 2.05) is 36.7 Å². The number of aromatic hydroxyl groups is 1. The Labute approximate surface area is 204 Å². The zero-order chi connectivity index (χ0) is 24.7. The van der Waals surface area contributed by atoms with Crippen LogP contribution in [0.5, 0.6) is 5.88 Å². The van der Waals surface area contributed by atoms with Crippen molar-refractivity contribution in [3.05, 3.63) is 74.7 Å². The molecule has 0 aliphatic carbocycles. The van der Waals surface area contributed by atoms with Crippen molar-refractivity contribution in [2.45, 2.75) is 25.9 Å². The van der Waals surface area contributed by atoms with Crippen molar-refractivity contribution >= 4 is 39.7 Å². The van der Waals surface area contributed by atoms with E-state index in [1.54, 1.807) is 28.4 Å². The minimum Gasteiger partial charge on any atom is -0.494 e. The van der Waals surface area contributed by atoms with Crippen molar-refractivity contribution in [3.63, 3.8) is 0 Å². The van der Waals surface area contributed by atoms with Gasteiger partial charge in [-0.15, -0.1) is 0 Å². The number of pyridine rings is 1. The van der Waals surface area contributed by atoms with Crippen LogP contribution in [0.15, 0.2) is 56.9 Å². The average Bonchev–Trinajstić information content (AvgIpc) is 3.32. The van der Waals surface area contributed by atoms with Gasteiger partial charge in [0.1, 0.15) is 5.69 Å². The number of hydrogen-bond donors (Lipinski definition) is 3. The lowest BCUT2D eigenvalue weighted by molar-refractivity contribution is 0.400. The zero-order valence-electron chi connectivity index (χ0n) is 19.2. The summed E-state index contributed by atoms with van der Waals surface area (Å²) >= 11 is 1.55. The van der Waals surface area contributed by atoms with Gasteiger partial charge < -0.3 is 15.3 Å². The molecule has 1 aliphatic rings. The van der Waals surface area contributed by atoms with Gasteiger partial charge in [0.05, 0.1) is 11.3 Å². The monoisotopic (exact) mass is 494 g/mol. The van der Waals surface area contributed by atoms with E-state index in [0.29, 0.717) is 23.9 Å². The number of benzene rings is 2. The number of anilines is 1. The molecule has 6 nitrogen and oxygen atoms in total. The maximum absolute atomic E-state index is 15.0. The molecule has 2 aromatic heterocycles. The minimum atomic E-state index is -0.700. The molecule has 2 aromatic carbocycles. The van der Waals surface area contributed by atoms with Crippen LogP contribution in [0.4, 0.5) is 20.2 Å². The quantitative estimate of drug-likeness (QED) is 0.342. The molecule has 1 aliphatic heterocycles. The number of halogens is 2. The molecule has 9 heteroatoms. The van der Waals surface area contributed by atoms with Crippen LogP contribution in [0.1, 0.15) is 19.4 Å². The van der Waals surface area contributed by atoms with Crippen molar-refractivity contribution in [2.24, 2.45) is 4.99 Å². The molecule has 180 valence electrons. The number of aromatic amines is 1. The van der Waals surface area contributed by atoms with Gasteiger partial charge >= 0.3 is 0 Å². The van der Waals surface area contributed by atoms with E-state index in [4.69, 9.17) is 0 Å². The standard InChI is InChI=1S/C26H24F2N4O2S/c1-14-11-32(12-15(2)30-14)24-22(27)8-18(9-23(24)28)29-10-21-20-7-16(17-5-6-35-13-17)3-4-19(20)25(33)31-26(21)34/h3-10,13-15,30H,11-12H2,1-2H3,(H2,31,33,34)/t14-,15+. The third-order valence-electron chi connectivity index (χ3n) is 6.11. The van der Waals surface area contributed by atoms with Crippen molar-refractivity contribution in [3.8, 4) is 17.0 Å². The molecule has 0 amide bonds. The van der Waals surface area contributed by atoms with Gasteiger partial charge in [0.25, 0.3) is 5.56 Å². The molecule has 3 N–H and O–H groups in total. The second kappa shape index (κ2) is 9.24. The number of nitrogens with zero attached hydrogens (tertiary/aromatic N) is 2. The summed E-state index contributed by atoms with van der Waals surface area (Å²) in [4.78, 5) is 20.7. The SMILES string of the molecule is C[C@@H]1CN(c2c(F)cc(N=Cc3c(O)[nH]c(=O)c4ccc(-c5ccsc5)cc34)cc2F)C[C@H](C)N1. The van der Waals surface area contributed by atoms with Gasteiger partial charge in [0, 0.05) is 54.3 Å². The second-order valence-corrected chi connectivity index (χ2v) is 9.66. The number of aliphatic imine (C=N–C) groups is 1. The van der Waals surface area contributed by atoms with Crippen LogP contribution in [-0.2, 0) is 0 Å². The van der Waals surface area contributed by atoms with Crippen LogP contribution in [0, 0.1) is 11.6 Å². The molecule has 0 saturated carbocycles. The molecule has 0 bridgehead atoms. The number of rotatable bonds is 4. The highest BCUT2D eigenvalue weighted by atomic mass is 32.1. The minimum absolute atomic E-state index is 0.0627. The van der Waals surface area contributed by atoms with Crippen molar-refractivity contribution in [1.29, 1.82) is 0 Å². The van der Waals surface area contributed by atoms with Gasteiger partial charge in [-0.25, -0.2) is 8.78 Å². The fraction of sp³-hybridized carbons (Fsp3) is 0.231. The number of H-pyrrole nitrogens is 1. The number of fused-ring (bicyclic) bond motifs is 1. The van der Waals surface area contributed by atoms with E-state index in [0.717, 1.165) is 11.1 Å². The van der Waals surface area contributed by atoms with Gasteiger partial charge in [0.15, 0.2) is 11.6 Å². The molecule has 3 heterocycles. The Hall–Kier alpha value is -3.56. The lowest BCUT2D eigenvalue weighted by Crippen LogP contribution is -2.54. The third kappa shape index (κ3) is 4.56. The molecule has 0 spiro atoms. The third-order valence-corrected chi connectivity index (χ3v) is 6.80. The molecular weight excluding hydrogens is 470 g/mol. The van der Waals surface area contributed by atoms with E-state index >= 15 is 0 Å². The summed E-state index contributed by atoms with van der Waals surface area (Å²) in [5.74, 6) is -1.77. The van der Waals surface area contributed by atoms with E-state index in [-0.39, 0.29) is 34.9 Å². The Morgan fingerprint density at radius 2 is 1.77 bits per heavy atom. The number of hydrogen-bond acceptors (Lipinski definition) is 6. The summed E-state index contributed by atoms with van der Waals surface area (Å²) in [5, 5.41) is 18.6. The molecular formula is C26H24F2N4O2S. The van der Waals surface area contributed by atoms with Gasteiger partial charge in [-0.3, -0.25) is 14.8 Å². The summed E-state index contributed by atoms with van der Waals surface area (Å²) in [6.45, 7) is 4.93. The first kappa shape index (κ1) is 23.2. The fourth-order valence-electron chi connectivity index (χ4n) is 4.65. The molecule has 4 aromatic rings. The van der Waals surface area contributed by atoms with Crippen LogP contribution >= 0.6 is 11.3 Å². The normalized spacial score (nSPS) is 18.6. The van der Waals surface area contributed by atoms with Crippen molar-refractivity contribution in [2.75, 3.05) is 18.0 Å².